The number of sulfonamides is 1. The Kier molecular flexibility index (Phi) is 5.73. The minimum absolute atomic E-state index is 0.218. The van der Waals surface area contributed by atoms with Gasteiger partial charge in [0, 0.05) is 23.2 Å². The highest BCUT2D eigenvalue weighted by Crippen LogP contribution is 2.28. The standard InChI is InChI=1S/C22H23N3O3S2/c1-15-5-11-19(12-6-15)30(27,28)25-13-3-4-21(25)22(26)24-18-9-7-17(8-10-18)20-14-29-16(2)23-20/h5-12,14,21H,3-4,13H2,1-2H3,(H,24,26)/t21-/m0/s1. The topological polar surface area (TPSA) is 79.4 Å². The van der Waals surface area contributed by atoms with Crippen molar-refractivity contribution in [3.8, 4) is 11.3 Å². The van der Waals surface area contributed by atoms with Gasteiger partial charge in [0.05, 0.1) is 15.6 Å². The number of aromatic nitrogens is 1. The molecule has 8 heteroatoms. The lowest BCUT2D eigenvalue weighted by Gasteiger charge is -2.23. The van der Waals surface area contributed by atoms with Crippen LogP contribution >= 0.6 is 11.3 Å². The Bertz CT molecular complexity index is 1150. The van der Waals surface area contributed by atoms with Crippen LogP contribution in [0.25, 0.3) is 11.3 Å². The van der Waals surface area contributed by atoms with Crippen molar-refractivity contribution >= 4 is 33.0 Å². The molecule has 30 heavy (non-hydrogen) atoms. The van der Waals surface area contributed by atoms with Crippen LogP contribution in [0, 0.1) is 13.8 Å². The van der Waals surface area contributed by atoms with E-state index in [4.69, 9.17) is 0 Å². The van der Waals surface area contributed by atoms with Crippen molar-refractivity contribution in [3.05, 3.63) is 64.5 Å². The molecule has 6 nitrogen and oxygen atoms in total. The van der Waals surface area contributed by atoms with Gasteiger partial charge >= 0.3 is 0 Å². The van der Waals surface area contributed by atoms with Crippen molar-refractivity contribution in [3.63, 3.8) is 0 Å². The number of hydrogen-bond acceptors (Lipinski definition) is 5. The molecular formula is C22H23N3O3S2. The third-order valence-corrected chi connectivity index (χ3v) is 7.90. The summed E-state index contributed by atoms with van der Waals surface area (Å²) in [5.74, 6) is -0.305. The Morgan fingerprint density at radius 3 is 2.43 bits per heavy atom. The predicted octanol–water partition coefficient (Wildman–Crippen LogP) is 4.22. The monoisotopic (exact) mass is 441 g/mol. The van der Waals surface area contributed by atoms with Crippen molar-refractivity contribution in [2.75, 3.05) is 11.9 Å². The second kappa shape index (κ2) is 8.29. The third kappa shape index (κ3) is 4.16. The largest absolute Gasteiger partial charge is 0.325 e. The molecular weight excluding hydrogens is 418 g/mol. The number of anilines is 1. The quantitative estimate of drug-likeness (QED) is 0.643. The molecule has 0 aliphatic carbocycles. The summed E-state index contributed by atoms with van der Waals surface area (Å²) in [4.78, 5) is 17.6. The van der Waals surface area contributed by atoms with Crippen LogP contribution in [0.3, 0.4) is 0 Å². The number of aryl methyl sites for hydroxylation is 2. The second-order valence-corrected chi connectivity index (χ2v) is 10.4. The average Bonchev–Trinajstić information content (AvgIpc) is 3.38. The van der Waals surface area contributed by atoms with Gasteiger partial charge in [0.15, 0.2) is 0 Å². The maximum atomic E-state index is 13.1. The molecule has 0 bridgehead atoms. The molecule has 0 saturated carbocycles. The zero-order valence-corrected chi connectivity index (χ0v) is 18.5. The summed E-state index contributed by atoms with van der Waals surface area (Å²) >= 11 is 1.59. The lowest BCUT2D eigenvalue weighted by atomic mass is 10.1. The van der Waals surface area contributed by atoms with Gasteiger partial charge in [-0.1, -0.05) is 29.8 Å². The summed E-state index contributed by atoms with van der Waals surface area (Å²) in [7, 11) is -3.72. The SMILES string of the molecule is Cc1ccc(S(=O)(=O)N2CCC[C@H]2C(=O)Nc2ccc(-c3csc(C)n3)cc2)cc1. The highest BCUT2D eigenvalue weighted by Gasteiger charge is 2.39. The van der Waals surface area contributed by atoms with Gasteiger partial charge in [0.1, 0.15) is 6.04 Å². The maximum absolute atomic E-state index is 13.1. The van der Waals surface area contributed by atoms with Crippen molar-refractivity contribution in [2.45, 2.75) is 37.6 Å². The lowest BCUT2D eigenvalue weighted by molar-refractivity contribution is -0.119. The smallest absolute Gasteiger partial charge is 0.243 e. The van der Waals surface area contributed by atoms with Crippen LogP contribution in [-0.4, -0.2) is 36.2 Å². The van der Waals surface area contributed by atoms with Gasteiger partial charge in [0.25, 0.3) is 0 Å². The summed E-state index contributed by atoms with van der Waals surface area (Å²) in [6, 6.07) is 13.4. The second-order valence-electron chi connectivity index (χ2n) is 7.41. The average molecular weight is 442 g/mol. The molecule has 1 atom stereocenters. The molecule has 0 radical (unpaired) electrons. The molecule has 1 N–H and O–H groups in total. The normalized spacial score (nSPS) is 17.2. The summed E-state index contributed by atoms with van der Waals surface area (Å²) in [5.41, 5.74) is 3.50. The van der Waals surface area contributed by atoms with Crippen molar-refractivity contribution in [1.82, 2.24) is 9.29 Å². The van der Waals surface area contributed by atoms with E-state index >= 15 is 0 Å². The Morgan fingerprint density at radius 2 is 1.80 bits per heavy atom. The first kappa shape index (κ1) is 20.7. The van der Waals surface area contributed by atoms with Crippen molar-refractivity contribution < 1.29 is 13.2 Å². The molecule has 0 spiro atoms. The van der Waals surface area contributed by atoms with Crippen LogP contribution in [0.15, 0.2) is 58.8 Å². The van der Waals surface area contributed by atoms with Gasteiger partial charge in [-0.15, -0.1) is 11.3 Å². The van der Waals surface area contributed by atoms with E-state index in [1.54, 1.807) is 35.6 Å². The zero-order chi connectivity index (χ0) is 21.3. The third-order valence-electron chi connectivity index (χ3n) is 5.20. The molecule has 2 aromatic carbocycles. The molecule has 1 aliphatic heterocycles. The van der Waals surface area contributed by atoms with E-state index in [-0.39, 0.29) is 10.8 Å². The van der Waals surface area contributed by atoms with E-state index in [2.05, 4.69) is 10.3 Å². The van der Waals surface area contributed by atoms with Gasteiger partial charge < -0.3 is 5.32 Å². The van der Waals surface area contributed by atoms with E-state index in [0.29, 0.717) is 25.1 Å². The van der Waals surface area contributed by atoms with E-state index in [9.17, 15) is 13.2 Å². The summed E-state index contributed by atoms with van der Waals surface area (Å²) in [6.07, 6.45) is 1.17. The van der Waals surface area contributed by atoms with E-state index in [1.807, 2.05) is 43.5 Å². The number of carbonyl (C=O) groups excluding carboxylic acids is 1. The minimum atomic E-state index is -3.72. The molecule has 1 fully saturated rings. The van der Waals surface area contributed by atoms with E-state index < -0.39 is 16.1 Å². The Labute approximate surface area is 180 Å². The first-order valence-electron chi connectivity index (χ1n) is 9.76. The van der Waals surface area contributed by atoms with Crippen molar-refractivity contribution in [2.24, 2.45) is 0 Å². The summed E-state index contributed by atoms with van der Waals surface area (Å²) in [6.45, 7) is 4.21. The highest BCUT2D eigenvalue weighted by molar-refractivity contribution is 7.89. The van der Waals surface area contributed by atoms with Crippen LogP contribution in [0.5, 0.6) is 0 Å². The summed E-state index contributed by atoms with van der Waals surface area (Å²) in [5, 5.41) is 5.86. The summed E-state index contributed by atoms with van der Waals surface area (Å²) < 4.78 is 27.4. The first-order chi connectivity index (χ1) is 14.3. The van der Waals surface area contributed by atoms with E-state index in [1.165, 1.54) is 4.31 Å². The Balaban J connectivity index is 1.49. The van der Waals surface area contributed by atoms with E-state index in [0.717, 1.165) is 21.8 Å². The fourth-order valence-corrected chi connectivity index (χ4v) is 5.86. The van der Waals surface area contributed by atoms with Gasteiger partial charge in [-0.05, 0) is 51.0 Å². The minimum Gasteiger partial charge on any atom is -0.325 e. The number of carbonyl (C=O) groups is 1. The number of rotatable bonds is 5. The van der Waals surface area contributed by atoms with Crippen molar-refractivity contribution in [1.29, 1.82) is 0 Å². The number of nitrogens with one attached hydrogen (secondary N) is 1. The lowest BCUT2D eigenvalue weighted by Crippen LogP contribution is -2.43. The molecule has 1 amide bonds. The molecule has 4 rings (SSSR count). The van der Waals surface area contributed by atoms with Crippen LogP contribution in [-0.2, 0) is 14.8 Å². The first-order valence-corrected chi connectivity index (χ1v) is 12.1. The number of hydrogen-bond donors (Lipinski definition) is 1. The van der Waals surface area contributed by atoms with Gasteiger partial charge in [-0.25, -0.2) is 13.4 Å². The number of thiazole rings is 1. The Hall–Kier alpha value is -2.55. The molecule has 1 aromatic heterocycles. The van der Waals surface area contributed by atoms with Crippen LogP contribution in [0.1, 0.15) is 23.4 Å². The number of benzene rings is 2. The molecule has 1 aliphatic rings. The van der Waals surface area contributed by atoms with Crippen LogP contribution < -0.4 is 5.32 Å². The molecule has 3 aromatic rings. The van der Waals surface area contributed by atoms with Crippen LogP contribution in [0.4, 0.5) is 5.69 Å². The van der Waals surface area contributed by atoms with Gasteiger partial charge in [-0.2, -0.15) is 4.31 Å². The van der Waals surface area contributed by atoms with Crippen LogP contribution in [0.2, 0.25) is 0 Å². The van der Waals surface area contributed by atoms with Gasteiger partial charge in [-0.3, -0.25) is 4.79 Å². The number of nitrogens with zero attached hydrogens (tertiary/aromatic N) is 2. The maximum Gasteiger partial charge on any atom is 0.243 e. The molecule has 156 valence electrons. The molecule has 1 saturated heterocycles. The molecule has 0 unspecified atom stereocenters. The molecule has 2 heterocycles. The predicted molar refractivity (Wildman–Crippen MR) is 119 cm³/mol. The zero-order valence-electron chi connectivity index (χ0n) is 16.8. The highest BCUT2D eigenvalue weighted by atomic mass is 32.2. The van der Waals surface area contributed by atoms with Gasteiger partial charge in [0.2, 0.25) is 15.9 Å². The fraction of sp³-hybridized carbons (Fsp3) is 0.273. The fourth-order valence-electron chi connectivity index (χ4n) is 3.58. The Morgan fingerprint density at radius 1 is 1.10 bits per heavy atom. The number of amides is 1.